The molecule has 1 atom stereocenters. The van der Waals surface area contributed by atoms with Crippen molar-refractivity contribution in [2.75, 3.05) is 7.11 Å². The third kappa shape index (κ3) is 3.46. The zero-order valence-electron chi connectivity index (χ0n) is 11.4. The summed E-state index contributed by atoms with van der Waals surface area (Å²) < 4.78 is 32.1. The highest BCUT2D eigenvalue weighted by atomic mass is 32.2. The molecule has 0 saturated carbocycles. The fourth-order valence-electron chi connectivity index (χ4n) is 1.61. The molecule has 0 radical (unpaired) electrons. The number of sulfonamides is 1. The lowest BCUT2D eigenvalue weighted by Crippen LogP contribution is -2.32. The van der Waals surface area contributed by atoms with Crippen LogP contribution >= 0.6 is 0 Å². The van der Waals surface area contributed by atoms with Gasteiger partial charge in [-0.15, -0.1) is 0 Å². The fourth-order valence-corrected chi connectivity index (χ4v) is 2.99. The van der Waals surface area contributed by atoms with Gasteiger partial charge in [-0.1, -0.05) is 13.8 Å². The normalized spacial score (nSPS) is 13.3. The second-order valence-electron chi connectivity index (χ2n) is 4.26. The van der Waals surface area contributed by atoms with Gasteiger partial charge in [-0.3, -0.25) is 0 Å². The lowest BCUT2D eigenvalue weighted by molar-refractivity contribution is 0.409. The Labute approximate surface area is 109 Å². The smallest absolute Gasteiger partial charge is 0.240 e. The van der Waals surface area contributed by atoms with E-state index in [1.54, 1.807) is 25.3 Å². The first-order chi connectivity index (χ1) is 8.44. The van der Waals surface area contributed by atoms with Gasteiger partial charge in [-0.2, -0.15) is 0 Å². The molecule has 0 aliphatic carbocycles. The number of hydrogen-bond donors (Lipinski definition) is 1. The Morgan fingerprint density at radius 2 is 2.00 bits per heavy atom. The second kappa shape index (κ2) is 6.20. The second-order valence-corrected chi connectivity index (χ2v) is 5.97. The van der Waals surface area contributed by atoms with Crippen LogP contribution < -0.4 is 9.46 Å². The number of hydrogen-bond acceptors (Lipinski definition) is 3. The molecule has 0 bridgehead atoms. The fraction of sp³-hybridized carbons (Fsp3) is 0.538. The summed E-state index contributed by atoms with van der Waals surface area (Å²) in [6, 6.07) is 4.87. The molecule has 1 N–H and O–H groups in total. The predicted octanol–water partition coefficient (Wildman–Crippen LogP) is 2.33. The Balaban J connectivity index is 3.10. The van der Waals surface area contributed by atoms with Crippen LogP contribution in [-0.2, 0) is 16.4 Å². The molecule has 0 saturated heterocycles. The molecule has 0 amide bonds. The monoisotopic (exact) mass is 271 g/mol. The molecule has 0 heterocycles. The molecule has 0 fully saturated rings. The van der Waals surface area contributed by atoms with Gasteiger partial charge in [0.1, 0.15) is 5.75 Å². The molecule has 0 spiro atoms. The average molecular weight is 271 g/mol. The first-order valence-corrected chi connectivity index (χ1v) is 7.62. The van der Waals surface area contributed by atoms with Gasteiger partial charge in [-0.05, 0) is 43.5 Å². The molecule has 102 valence electrons. The highest BCUT2D eigenvalue weighted by Gasteiger charge is 2.17. The minimum Gasteiger partial charge on any atom is -0.496 e. The lowest BCUT2D eigenvalue weighted by Gasteiger charge is -2.14. The van der Waals surface area contributed by atoms with Gasteiger partial charge >= 0.3 is 0 Å². The Morgan fingerprint density at radius 1 is 1.33 bits per heavy atom. The zero-order valence-corrected chi connectivity index (χ0v) is 12.2. The molecule has 0 unspecified atom stereocenters. The standard InChI is InChI=1S/C13H21NO3S/c1-5-10(3)14-18(15,16)12-7-8-13(17-4)11(6-2)9-12/h7-10,14H,5-6H2,1-4H3/t10-/m1/s1. The van der Waals surface area contributed by atoms with E-state index in [2.05, 4.69) is 4.72 Å². The predicted molar refractivity (Wildman–Crippen MR) is 72.4 cm³/mol. The highest BCUT2D eigenvalue weighted by molar-refractivity contribution is 7.89. The van der Waals surface area contributed by atoms with Crippen LogP contribution in [-0.4, -0.2) is 21.6 Å². The molecule has 1 aromatic carbocycles. The van der Waals surface area contributed by atoms with Gasteiger partial charge in [0.05, 0.1) is 12.0 Å². The highest BCUT2D eigenvalue weighted by Crippen LogP contribution is 2.23. The molecular formula is C13H21NO3S. The van der Waals surface area contributed by atoms with E-state index >= 15 is 0 Å². The average Bonchev–Trinajstić information content (AvgIpc) is 2.37. The summed E-state index contributed by atoms with van der Waals surface area (Å²) in [5.41, 5.74) is 0.893. The molecular weight excluding hydrogens is 250 g/mol. The van der Waals surface area contributed by atoms with E-state index < -0.39 is 10.0 Å². The van der Waals surface area contributed by atoms with Gasteiger partial charge in [-0.25, -0.2) is 13.1 Å². The molecule has 18 heavy (non-hydrogen) atoms. The summed E-state index contributed by atoms with van der Waals surface area (Å²) in [6.07, 6.45) is 1.49. The zero-order chi connectivity index (χ0) is 13.8. The van der Waals surface area contributed by atoms with Crippen LogP contribution in [0.2, 0.25) is 0 Å². The summed E-state index contributed by atoms with van der Waals surface area (Å²) in [4.78, 5) is 0.292. The van der Waals surface area contributed by atoms with Crippen molar-refractivity contribution in [3.63, 3.8) is 0 Å². The molecule has 5 heteroatoms. The van der Waals surface area contributed by atoms with E-state index in [4.69, 9.17) is 4.74 Å². The Bertz CT molecular complexity index is 497. The summed E-state index contributed by atoms with van der Waals surface area (Å²) >= 11 is 0. The molecule has 1 rings (SSSR count). The molecule has 4 nitrogen and oxygen atoms in total. The van der Waals surface area contributed by atoms with Gasteiger partial charge in [0.25, 0.3) is 0 Å². The summed E-state index contributed by atoms with van der Waals surface area (Å²) in [6.45, 7) is 5.76. The first-order valence-electron chi connectivity index (χ1n) is 6.13. The first kappa shape index (κ1) is 15.0. The Kier molecular flexibility index (Phi) is 5.16. The SMILES string of the molecule is CCc1cc(S(=O)(=O)N[C@H](C)CC)ccc1OC. The van der Waals surface area contributed by atoms with Crippen molar-refractivity contribution in [1.82, 2.24) is 4.72 Å². The van der Waals surface area contributed by atoms with Crippen molar-refractivity contribution in [1.29, 1.82) is 0 Å². The van der Waals surface area contributed by atoms with Crippen LogP contribution in [0.15, 0.2) is 23.1 Å². The van der Waals surface area contributed by atoms with Crippen LogP contribution in [0.4, 0.5) is 0 Å². The van der Waals surface area contributed by atoms with E-state index in [1.165, 1.54) is 0 Å². The van der Waals surface area contributed by atoms with Gasteiger partial charge in [0, 0.05) is 6.04 Å². The van der Waals surface area contributed by atoms with E-state index in [1.807, 2.05) is 20.8 Å². The van der Waals surface area contributed by atoms with Gasteiger partial charge in [0.2, 0.25) is 10.0 Å². The van der Waals surface area contributed by atoms with Gasteiger partial charge in [0.15, 0.2) is 0 Å². The number of aryl methyl sites for hydroxylation is 1. The summed E-state index contributed by atoms with van der Waals surface area (Å²) in [5, 5.41) is 0. The quantitative estimate of drug-likeness (QED) is 0.864. The third-order valence-electron chi connectivity index (χ3n) is 2.91. The number of benzene rings is 1. The number of rotatable bonds is 6. The number of ether oxygens (including phenoxy) is 1. The van der Waals surface area contributed by atoms with Crippen LogP contribution in [0.1, 0.15) is 32.8 Å². The van der Waals surface area contributed by atoms with E-state index in [-0.39, 0.29) is 6.04 Å². The lowest BCUT2D eigenvalue weighted by atomic mass is 10.1. The summed E-state index contributed by atoms with van der Waals surface area (Å²) in [7, 11) is -1.85. The topological polar surface area (TPSA) is 55.4 Å². The minimum absolute atomic E-state index is 0.0674. The summed E-state index contributed by atoms with van der Waals surface area (Å²) in [5.74, 6) is 0.722. The van der Waals surface area contributed by atoms with Crippen LogP contribution in [0.25, 0.3) is 0 Å². The third-order valence-corrected chi connectivity index (χ3v) is 4.50. The molecule has 0 aromatic heterocycles. The number of methoxy groups -OCH3 is 1. The van der Waals surface area contributed by atoms with Crippen LogP contribution in [0.3, 0.4) is 0 Å². The molecule has 0 aliphatic rings. The van der Waals surface area contributed by atoms with Crippen molar-refractivity contribution in [3.8, 4) is 5.75 Å². The maximum Gasteiger partial charge on any atom is 0.240 e. The Hall–Kier alpha value is -1.07. The molecule has 1 aromatic rings. The molecule has 0 aliphatic heterocycles. The van der Waals surface area contributed by atoms with Crippen molar-refractivity contribution in [2.45, 2.75) is 44.6 Å². The van der Waals surface area contributed by atoms with E-state index in [0.717, 1.165) is 24.2 Å². The van der Waals surface area contributed by atoms with E-state index in [0.29, 0.717) is 4.90 Å². The maximum atomic E-state index is 12.1. The Morgan fingerprint density at radius 3 is 2.50 bits per heavy atom. The van der Waals surface area contributed by atoms with Crippen LogP contribution in [0, 0.1) is 0 Å². The minimum atomic E-state index is -3.43. The van der Waals surface area contributed by atoms with Gasteiger partial charge < -0.3 is 4.74 Å². The van der Waals surface area contributed by atoms with Crippen molar-refractivity contribution < 1.29 is 13.2 Å². The van der Waals surface area contributed by atoms with E-state index in [9.17, 15) is 8.42 Å². The van der Waals surface area contributed by atoms with Crippen molar-refractivity contribution >= 4 is 10.0 Å². The largest absolute Gasteiger partial charge is 0.496 e. The van der Waals surface area contributed by atoms with Crippen molar-refractivity contribution in [2.24, 2.45) is 0 Å². The van der Waals surface area contributed by atoms with Crippen LogP contribution in [0.5, 0.6) is 5.75 Å². The maximum absolute atomic E-state index is 12.1. The number of nitrogens with one attached hydrogen (secondary N) is 1. The van der Waals surface area contributed by atoms with Crippen molar-refractivity contribution in [3.05, 3.63) is 23.8 Å².